The highest BCUT2D eigenvalue weighted by molar-refractivity contribution is 6.35. The minimum absolute atomic E-state index is 0.171. The number of nitrogens with zero attached hydrogens (tertiary/aromatic N) is 3. The summed E-state index contributed by atoms with van der Waals surface area (Å²) in [7, 11) is 0. The van der Waals surface area contributed by atoms with Gasteiger partial charge in [-0.05, 0) is 50.8 Å². The molecule has 0 bridgehead atoms. The van der Waals surface area contributed by atoms with Crippen LogP contribution < -0.4 is 4.90 Å². The summed E-state index contributed by atoms with van der Waals surface area (Å²) >= 11 is 0. The molecule has 7 nitrogen and oxygen atoms in total. The van der Waals surface area contributed by atoms with Gasteiger partial charge in [0.15, 0.2) is 0 Å². The largest absolute Gasteiger partial charge is 0.466 e. The first-order chi connectivity index (χ1) is 13.9. The maximum atomic E-state index is 12.7. The molecule has 0 radical (unpaired) electrons. The number of hydrogen-bond donors (Lipinski definition) is 0. The molecule has 2 fully saturated rings. The number of carbonyl (C=O) groups excluding carboxylic acids is 3. The monoisotopic (exact) mass is 401 g/mol. The number of aryl methyl sites for hydroxylation is 1. The van der Waals surface area contributed by atoms with Gasteiger partial charge in [0.25, 0.3) is 0 Å². The predicted molar refractivity (Wildman–Crippen MR) is 111 cm³/mol. The fourth-order valence-electron chi connectivity index (χ4n) is 4.08. The molecular weight excluding hydrogens is 370 g/mol. The fraction of sp³-hybridized carbons (Fsp3) is 0.591. The van der Waals surface area contributed by atoms with Crippen LogP contribution in [0.2, 0.25) is 0 Å². The van der Waals surface area contributed by atoms with Gasteiger partial charge in [-0.3, -0.25) is 14.4 Å². The topological polar surface area (TPSA) is 70.2 Å². The molecule has 29 heavy (non-hydrogen) atoms. The third-order valence-corrected chi connectivity index (χ3v) is 6.07. The number of hydrogen-bond acceptors (Lipinski definition) is 5. The number of rotatable bonds is 3. The predicted octanol–water partition coefficient (Wildman–Crippen LogP) is 1.75. The fourth-order valence-corrected chi connectivity index (χ4v) is 4.08. The number of ether oxygens (including phenoxy) is 1. The second kappa shape index (κ2) is 9.29. The van der Waals surface area contributed by atoms with Crippen molar-refractivity contribution in [1.82, 2.24) is 9.80 Å². The Morgan fingerprint density at radius 3 is 2.10 bits per heavy atom. The second-order valence-corrected chi connectivity index (χ2v) is 7.82. The number of piperidine rings is 1. The quantitative estimate of drug-likeness (QED) is 0.570. The number of benzene rings is 1. The van der Waals surface area contributed by atoms with Crippen LogP contribution in [0.1, 0.15) is 30.9 Å². The smallest absolute Gasteiger partial charge is 0.312 e. The molecule has 2 aliphatic heterocycles. The standard InChI is InChI=1S/C22H31N3O4/c1-4-29-22(28)18-8-10-24(11-9-18)20(26)21(27)25-14-12-23(13-15-25)19-7-5-6-16(2)17(19)3/h5-7,18H,4,8-15H2,1-3H3. The van der Waals surface area contributed by atoms with Crippen LogP contribution in [0.15, 0.2) is 18.2 Å². The molecule has 0 atom stereocenters. The number of amides is 2. The lowest BCUT2D eigenvalue weighted by molar-refractivity contribution is -0.155. The van der Waals surface area contributed by atoms with E-state index in [2.05, 4.69) is 36.9 Å². The van der Waals surface area contributed by atoms with Crippen LogP contribution in [-0.4, -0.2) is 73.5 Å². The van der Waals surface area contributed by atoms with Crippen LogP contribution in [0.4, 0.5) is 5.69 Å². The molecule has 1 aromatic rings. The van der Waals surface area contributed by atoms with Gasteiger partial charge in [-0.2, -0.15) is 0 Å². The zero-order valence-electron chi connectivity index (χ0n) is 17.6. The maximum Gasteiger partial charge on any atom is 0.312 e. The van der Waals surface area contributed by atoms with Gasteiger partial charge >= 0.3 is 17.8 Å². The summed E-state index contributed by atoms with van der Waals surface area (Å²) in [6.07, 6.45) is 1.11. The molecule has 3 rings (SSSR count). The molecule has 0 spiro atoms. The molecule has 2 saturated heterocycles. The van der Waals surface area contributed by atoms with Crippen LogP contribution >= 0.6 is 0 Å². The minimum atomic E-state index is -0.451. The summed E-state index contributed by atoms with van der Waals surface area (Å²) in [5, 5.41) is 0. The molecule has 0 aliphatic carbocycles. The third-order valence-electron chi connectivity index (χ3n) is 6.07. The van der Waals surface area contributed by atoms with Crippen LogP contribution in [0.3, 0.4) is 0 Å². The van der Waals surface area contributed by atoms with E-state index in [4.69, 9.17) is 4.74 Å². The lowest BCUT2D eigenvalue weighted by Crippen LogP contribution is -2.54. The Bertz CT molecular complexity index is 763. The van der Waals surface area contributed by atoms with E-state index >= 15 is 0 Å². The van der Waals surface area contributed by atoms with E-state index in [0.717, 1.165) is 0 Å². The summed E-state index contributed by atoms with van der Waals surface area (Å²) in [4.78, 5) is 42.7. The van der Waals surface area contributed by atoms with Gasteiger partial charge < -0.3 is 19.4 Å². The Morgan fingerprint density at radius 1 is 0.931 bits per heavy atom. The Balaban J connectivity index is 1.51. The number of anilines is 1. The highest BCUT2D eigenvalue weighted by atomic mass is 16.5. The van der Waals surface area contributed by atoms with Crippen LogP contribution in [-0.2, 0) is 19.1 Å². The first-order valence-corrected chi connectivity index (χ1v) is 10.5. The van der Waals surface area contributed by atoms with Gasteiger partial charge in [0.2, 0.25) is 0 Å². The lowest BCUT2D eigenvalue weighted by atomic mass is 9.97. The van der Waals surface area contributed by atoms with Crippen molar-refractivity contribution in [1.29, 1.82) is 0 Å². The van der Waals surface area contributed by atoms with E-state index in [9.17, 15) is 14.4 Å². The lowest BCUT2D eigenvalue weighted by Gasteiger charge is -2.38. The Morgan fingerprint density at radius 2 is 1.52 bits per heavy atom. The highest BCUT2D eigenvalue weighted by Gasteiger charge is 2.34. The Kier molecular flexibility index (Phi) is 6.77. The van der Waals surface area contributed by atoms with E-state index in [0.29, 0.717) is 58.7 Å². The van der Waals surface area contributed by atoms with Gasteiger partial charge in [0.1, 0.15) is 0 Å². The summed E-state index contributed by atoms with van der Waals surface area (Å²) < 4.78 is 5.06. The highest BCUT2D eigenvalue weighted by Crippen LogP contribution is 2.24. The number of carbonyl (C=O) groups is 3. The molecule has 0 N–H and O–H groups in total. The van der Waals surface area contributed by atoms with Gasteiger partial charge in [0, 0.05) is 45.0 Å². The summed E-state index contributed by atoms with van der Waals surface area (Å²) in [5.74, 6) is -1.25. The third kappa shape index (κ3) is 4.71. The average Bonchev–Trinajstić information content (AvgIpc) is 2.75. The normalized spacial score (nSPS) is 18.0. The van der Waals surface area contributed by atoms with Crippen molar-refractivity contribution >= 4 is 23.5 Å². The van der Waals surface area contributed by atoms with Crippen molar-refractivity contribution in [3.63, 3.8) is 0 Å². The molecule has 0 unspecified atom stereocenters. The van der Waals surface area contributed by atoms with Gasteiger partial charge in [0.05, 0.1) is 12.5 Å². The van der Waals surface area contributed by atoms with E-state index in [-0.39, 0.29) is 11.9 Å². The van der Waals surface area contributed by atoms with E-state index < -0.39 is 11.8 Å². The summed E-state index contributed by atoms with van der Waals surface area (Å²) in [6.45, 7) is 9.73. The van der Waals surface area contributed by atoms with Crippen molar-refractivity contribution in [2.24, 2.45) is 5.92 Å². The zero-order valence-corrected chi connectivity index (χ0v) is 17.6. The second-order valence-electron chi connectivity index (χ2n) is 7.82. The molecule has 1 aromatic carbocycles. The first-order valence-electron chi connectivity index (χ1n) is 10.5. The van der Waals surface area contributed by atoms with Crippen molar-refractivity contribution in [2.45, 2.75) is 33.6 Å². The zero-order chi connectivity index (χ0) is 21.0. The van der Waals surface area contributed by atoms with Gasteiger partial charge in [-0.15, -0.1) is 0 Å². The SMILES string of the molecule is CCOC(=O)C1CCN(C(=O)C(=O)N2CCN(c3cccc(C)c3C)CC2)CC1. The Labute approximate surface area is 172 Å². The van der Waals surface area contributed by atoms with Crippen molar-refractivity contribution < 1.29 is 19.1 Å². The van der Waals surface area contributed by atoms with Crippen molar-refractivity contribution in [3.8, 4) is 0 Å². The number of piperazine rings is 1. The van der Waals surface area contributed by atoms with Crippen molar-refractivity contribution in [2.75, 3.05) is 50.8 Å². The van der Waals surface area contributed by atoms with Crippen LogP contribution in [0.25, 0.3) is 0 Å². The van der Waals surface area contributed by atoms with E-state index in [1.165, 1.54) is 16.8 Å². The van der Waals surface area contributed by atoms with E-state index in [1.54, 1.807) is 16.7 Å². The molecule has 2 aliphatic rings. The molecule has 2 heterocycles. The summed E-state index contributed by atoms with van der Waals surface area (Å²) in [5.41, 5.74) is 3.71. The maximum absolute atomic E-state index is 12.7. The molecule has 158 valence electrons. The molecule has 7 heteroatoms. The number of esters is 1. The molecule has 2 amide bonds. The minimum Gasteiger partial charge on any atom is -0.466 e. The molecular formula is C22H31N3O4. The van der Waals surface area contributed by atoms with Gasteiger partial charge in [-0.25, -0.2) is 0 Å². The van der Waals surface area contributed by atoms with Crippen LogP contribution in [0, 0.1) is 19.8 Å². The van der Waals surface area contributed by atoms with Gasteiger partial charge in [-0.1, -0.05) is 12.1 Å². The van der Waals surface area contributed by atoms with Crippen molar-refractivity contribution in [3.05, 3.63) is 29.3 Å². The molecule has 0 aromatic heterocycles. The number of likely N-dealkylation sites (tertiary alicyclic amines) is 1. The van der Waals surface area contributed by atoms with E-state index in [1.807, 2.05) is 0 Å². The first kappa shape index (κ1) is 21.1. The Hall–Kier alpha value is -2.57. The molecule has 0 saturated carbocycles. The summed E-state index contributed by atoms with van der Waals surface area (Å²) in [6, 6.07) is 6.26. The van der Waals surface area contributed by atoms with Crippen LogP contribution in [0.5, 0.6) is 0 Å². The average molecular weight is 402 g/mol.